The average Bonchev–Trinajstić information content (AvgIpc) is 2.93. The van der Waals surface area contributed by atoms with Crippen molar-refractivity contribution in [2.45, 2.75) is 70.7 Å². The smallest absolute Gasteiger partial charge is 0.264 e. The molecule has 9 nitrogen and oxygen atoms in total. The van der Waals surface area contributed by atoms with Gasteiger partial charge in [0, 0.05) is 23.1 Å². The van der Waals surface area contributed by atoms with E-state index >= 15 is 0 Å². The lowest BCUT2D eigenvalue weighted by atomic mass is 9.98. The normalized spacial score (nSPS) is 12.0. The molecule has 0 aliphatic rings. The fourth-order valence-electron chi connectivity index (χ4n) is 4.62. The van der Waals surface area contributed by atoms with Crippen molar-refractivity contribution in [3.8, 4) is 22.8 Å². The van der Waals surface area contributed by atoms with E-state index in [1.54, 1.807) is 25.1 Å². The molecule has 0 spiro atoms. The summed E-state index contributed by atoms with van der Waals surface area (Å²) in [6.45, 7) is 9.32. The molecule has 0 saturated carbocycles. The van der Waals surface area contributed by atoms with Crippen LogP contribution in [-0.2, 0) is 22.9 Å². The van der Waals surface area contributed by atoms with Crippen LogP contribution in [0.2, 0.25) is 0 Å². The van der Waals surface area contributed by atoms with Gasteiger partial charge in [-0.05, 0) is 57.7 Å². The van der Waals surface area contributed by atoms with Gasteiger partial charge in [0.25, 0.3) is 5.56 Å². The molecule has 4 aromatic rings. The lowest BCUT2D eigenvalue weighted by molar-refractivity contribution is 0.410. The van der Waals surface area contributed by atoms with Crippen molar-refractivity contribution in [3.63, 3.8) is 0 Å². The molecule has 2 aromatic heterocycles. The SMILES string of the molecule is CCCCc1nc(C)n(-c2ncc(OC)cn2)c(=O)c1Cc1ccc(-c2ccccc2S(=O)(=O)NC(C)(C)C)cc1. The monoisotopic (exact) mass is 575 g/mol. The molecule has 10 heteroatoms. The number of sulfonamides is 1. The fourth-order valence-corrected chi connectivity index (χ4v) is 6.27. The molecule has 0 aliphatic heterocycles. The number of methoxy groups -OCH3 is 1. The molecule has 2 heterocycles. The van der Waals surface area contributed by atoms with Gasteiger partial charge >= 0.3 is 0 Å². The summed E-state index contributed by atoms with van der Waals surface area (Å²) in [4.78, 5) is 27.5. The Morgan fingerprint density at radius 1 is 1.00 bits per heavy atom. The van der Waals surface area contributed by atoms with Gasteiger partial charge in [0.1, 0.15) is 5.82 Å². The molecular formula is C31H37N5O4S. The van der Waals surface area contributed by atoms with Crippen LogP contribution in [0.3, 0.4) is 0 Å². The average molecular weight is 576 g/mol. The number of ether oxygens (including phenoxy) is 1. The molecule has 0 saturated heterocycles. The van der Waals surface area contributed by atoms with Crippen LogP contribution in [0.1, 0.15) is 63.2 Å². The van der Waals surface area contributed by atoms with Gasteiger partial charge in [-0.1, -0.05) is 55.8 Å². The lowest BCUT2D eigenvalue weighted by Crippen LogP contribution is -2.40. The van der Waals surface area contributed by atoms with E-state index in [9.17, 15) is 13.2 Å². The lowest BCUT2D eigenvalue weighted by Gasteiger charge is -2.21. The summed E-state index contributed by atoms with van der Waals surface area (Å²) in [5.41, 5.74) is 2.82. The standard InChI is InChI=1S/C31H37N5O4S/c1-7-8-12-27-26(29(37)36(21(2)34-27)30-32-19-24(40-6)20-33-30)18-22-14-16-23(17-15-22)25-11-9-10-13-28(25)41(38,39)35-31(3,4)5/h9-11,13-17,19-20,35H,7-8,12,18H2,1-6H3. The van der Waals surface area contributed by atoms with E-state index in [1.807, 2.05) is 51.1 Å². The van der Waals surface area contributed by atoms with Gasteiger partial charge in [0.05, 0.1) is 30.1 Å². The molecule has 216 valence electrons. The summed E-state index contributed by atoms with van der Waals surface area (Å²) < 4.78 is 35.6. The number of hydrogen-bond acceptors (Lipinski definition) is 7. The molecule has 2 aromatic carbocycles. The number of aromatic nitrogens is 4. The number of aryl methyl sites for hydroxylation is 2. The molecular weight excluding hydrogens is 538 g/mol. The summed E-state index contributed by atoms with van der Waals surface area (Å²) in [5.74, 6) is 1.25. The van der Waals surface area contributed by atoms with Crippen molar-refractivity contribution < 1.29 is 13.2 Å². The third kappa shape index (κ3) is 7.07. The van der Waals surface area contributed by atoms with Crippen molar-refractivity contribution in [1.29, 1.82) is 0 Å². The zero-order valence-electron chi connectivity index (χ0n) is 24.4. The molecule has 0 bridgehead atoms. The van der Waals surface area contributed by atoms with Gasteiger partial charge in [-0.2, -0.15) is 0 Å². The highest BCUT2D eigenvalue weighted by Gasteiger charge is 2.25. The number of nitrogens with one attached hydrogen (secondary N) is 1. The first-order valence-electron chi connectivity index (χ1n) is 13.6. The highest BCUT2D eigenvalue weighted by Crippen LogP contribution is 2.29. The maximum atomic E-state index is 13.8. The molecule has 41 heavy (non-hydrogen) atoms. The van der Waals surface area contributed by atoms with Crippen molar-refractivity contribution in [2.75, 3.05) is 7.11 Å². The van der Waals surface area contributed by atoms with Gasteiger partial charge in [-0.15, -0.1) is 0 Å². The maximum Gasteiger partial charge on any atom is 0.264 e. The molecule has 0 radical (unpaired) electrons. The van der Waals surface area contributed by atoms with Crippen LogP contribution in [0.25, 0.3) is 17.1 Å². The van der Waals surface area contributed by atoms with Crippen LogP contribution in [0.5, 0.6) is 5.75 Å². The van der Waals surface area contributed by atoms with Crippen molar-refractivity contribution in [3.05, 3.63) is 93.9 Å². The van der Waals surface area contributed by atoms with E-state index in [4.69, 9.17) is 9.72 Å². The Morgan fingerprint density at radius 3 is 2.27 bits per heavy atom. The second-order valence-corrected chi connectivity index (χ2v) is 12.6. The zero-order chi connectivity index (χ0) is 29.8. The van der Waals surface area contributed by atoms with Crippen molar-refractivity contribution in [1.82, 2.24) is 24.2 Å². The largest absolute Gasteiger partial charge is 0.494 e. The molecule has 4 rings (SSSR count). The minimum atomic E-state index is -3.74. The summed E-state index contributed by atoms with van der Waals surface area (Å²) in [6.07, 6.45) is 5.99. The molecule has 0 fully saturated rings. The minimum absolute atomic E-state index is 0.206. The second-order valence-electron chi connectivity index (χ2n) is 11.0. The summed E-state index contributed by atoms with van der Waals surface area (Å²) >= 11 is 0. The minimum Gasteiger partial charge on any atom is -0.494 e. The van der Waals surface area contributed by atoms with Gasteiger partial charge in [0.15, 0.2) is 5.75 Å². The number of benzene rings is 2. The Hall–Kier alpha value is -3.89. The van der Waals surface area contributed by atoms with Crippen LogP contribution in [0.4, 0.5) is 0 Å². The van der Waals surface area contributed by atoms with Crippen LogP contribution in [-0.4, -0.2) is 40.6 Å². The molecule has 1 N–H and O–H groups in total. The fraction of sp³-hybridized carbons (Fsp3) is 0.355. The first kappa shape index (κ1) is 30.1. The predicted molar refractivity (Wildman–Crippen MR) is 160 cm³/mol. The van der Waals surface area contributed by atoms with Crippen LogP contribution < -0.4 is 15.0 Å². The highest BCUT2D eigenvalue weighted by molar-refractivity contribution is 7.89. The van der Waals surface area contributed by atoms with E-state index in [2.05, 4.69) is 21.6 Å². The third-order valence-electron chi connectivity index (χ3n) is 6.51. The number of unbranched alkanes of at least 4 members (excludes halogenated alkanes) is 1. The molecule has 0 unspecified atom stereocenters. The Bertz CT molecular complexity index is 1670. The van der Waals surface area contributed by atoms with E-state index in [0.717, 1.165) is 29.7 Å². The zero-order valence-corrected chi connectivity index (χ0v) is 25.2. The van der Waals surface area contributed by atoms with Gasteiger partial charge in [-0.3, -0.25) is 4.79 Å². The Morgan fingerprint density at radius 2 is 1.66 bits per heavy atom. The molecule has 0 amide bonds. The number of nitrogens with zero attached hydrogens (tertiary/aromatic N) is 4. The predicted octanol–water partition coefficient (Wildman–Crippen LogP) is 5.02. The van der Waals surface area contributed by atoms with Crippen molar-refractivity contribution >= 4 is 10.0 Å². The number of hydrogen-bond donors (Lipinski definition) is 1. The third-order valence-corrected chi connectivity index (χ3v) is 8.33. The van der Waals surface area contributed by atoms with Gasteiger partial charge in [0.2, 0.25) is 16.0 Å². The quantitative estimate of drug-likeness (QED) is 0.282. The summed E-state index contributed by atoms with van der Waals surface area (Å²) in [7, 11) is -2.21. The van der Waals surface area contributed by atoms with E-state index in [0.29, 0.717) is 35.5 Å². The molecule has 0 atom stereocenters. The number of rotatable bonds is 10. The van der Waals surface area contributed by atoms with Crippen LogP contribution >= 0.6 is 0 Å². The second kappa shape index (κ2) is 12.3. The Kier molecular flexibility index (Phi) is 9.04. The highest BCUT2D eigenvalue weighted by atomic mass is 32.2. The van der Waals surface area contributed by atoms with Crippen LogP contribution in [0.15, 0.2) is 70.6 Å². The summed E-state index contributed by atoms with van der Waals surface area (Å²) in [5, 5.41) is 0. The topological polar surface area (TPSA) is 116 Å². The molecule has 0 aliphatic carbocycles. The van der Waals surface area contributed by atoms with Crippen LogP contribution in [0, 0.1) is 6.92 Å². The first-order valence-corrected chi connectivity index (χ1v) is 15.1. The maximum absolute atomic E-state index is 13.8. The van der Waals surface area contributed by atoms with Gasteiger partial charge < -0.3 is 4.74 Å². The summed E-state index contributed by atoms with van der Waals surface area (Å²) in [6, 6.07) is 14.6. The first-order chi connectivity index (χ1) is 19.4. The van der Waals surface area contributed by atoms with E-state index in [-0.39, 0.29) is 16.4 Å². The van der Waals surface area contributed by atoms with Crippen molar-refractivity contribution in [2.24, 2.45) is 0 Å². The van der Waals surface area contributed by atoms with E-state index < -0.39 is 15.6 Å². The Balaban J connectivity index is 1.72. The Labute approximate surface area is 241 Å². The van der Waals surface area contributed by atoms with E-state index in [1.165, 1.54) is 24.1 Å². The van der Waals surface area contributed by atoms with Gasteiger partial charge in [-0.25, -0.2) is 32.7 Å².